The van der Waals surface area contributed by atoms with Crippen LogP contribution in [-0.4, -0.2) is 42.2 Å². The fourth-order valence-electron chi connectivity index (χ4n) is 2.54. The lowest BCUT2D eigenvalue weighted by Gasteiger charge is -2.14. The molecule has 2 rings (SSSR count). The Kier molecular flexibility index (Phi) is 7.63. The van der Waals surface area contributed by atoms with E-state index in [1.165, 1.54) is 39.5 Å². The standard InChI is InChI=1S/C20H24N2O6S/c1-5-21-29(24,25)16-9-6-14(7-10-16)8-11-19(23)22-15-12-17(26-2)20(28-4)18(13-15)27-3/h6-13,21H,5H2,1-4H3,(H,22,23)/b11-8+. The van der Waals surface area contributed by atoms with Gasteiger partial charge >= 0.3 is 0 Å². The number of hydrogen-bond acceptors (Lipinski definition) is 6. The van der Waals surface area contributed by atoms with E-state index in [4.69, 9.17) is 14.2 Å². The van der Waals surface area contributed by atoms with Crippen molar-refractivity contribution in [2.24, 2.45) is 0 Å². The van der Waals surface area contributed by atoms with Crippen LogP contribution in [0.1, 0.15) is 12.5 Å². The number of rotatable bonds is 9. The molecule has 0 aliphatic carbocycles. The molecule has 0 aromatic heterocycles. The topological polar surface area (TPSA) is 103 Å². The SMILES string of the molecule is CCNS(=O)(=O)c1ccc(/C=C/C(=O)Nc2cc(OC)c(OC)c(OC)c2)cc1. The van der Waals surface area contributed by atoms with Crippen molar-refractivity contribution in [2.75, 3.05) is 33.2 Å². The number of amides is 1. The smallest absolute Gasteiger partial charge is 0.248 e. The zero-order chi connectivity index (χ0) is 21.4. The molecule has 29 heavy (non-hydrogen) atoms. The summed E-state index contributed by atoms with van der Waals surface area (Å²) in [6.07, 6.45) is 2.92. The molecule has 9 heteroatoms. The lowest BCUT2D eigenvalue weighted by Crippen LogP contribution is -2.22. The Hall–Kier alpha value is -3.04. The second-order valence-corrected chi connectivity index (χ2v) is 7.57. The third-order valence-corrected chi connectivity index (χ3v) is 5.45. The normalized spacial score (nSPS) is 11.3. The number of carbonyl (C=O) groups is 1. The van der Waals surface area contributed by atoms with Crippen molar-refractivity contribution in [1.29, 1.82) is 0 Å². The van der Waals surface area contributed by atoms with Crippen LogP contribution in [0.4, 0.5) is 5.69 Å². The zero-order valence-electron chi connectivity index (χ0n) is 16.7. The average molecular weight is 420 g/mol. The van der Waals surface area contributed by atoms with E-state index in [2.05, 4.69) is 10.0 Å². The summed E-state index contributed by atoms with van der Waals surface area (Å²) in [4.78, 5) is 12.4. The summed E-state index contributed by atoms with van der Waals surface area (Å²) in [5.41, 5.74) is 1.15. The van der Waals surface area contributed by atoms with Gasteiger partial charge in [-0.05, 0) is 23.8 Å². The van der Waals surface area contributed by atoms with Gasteiger partial charge in [-0.3, -0.25) is 4.79 Å². The van der Waals surface area contributed by atoms with Crippen LogP contribution in [0, 0.1) is 0 Å². The lowest BCUT2D eigenvalue weighted by atomic mass is 10.2. The largest absolute Gasteiger partial charge is 0.493 e. The van der Waals surface area contributed by atoms with Crippen molar-refractivity contribution >= 4 is 27.7 Å². The highest BCUT2D eigenvalue weighted by Gasteiger charge is 2.14. The summed E-state index contributed by atoms with van der Waals surface area (Å²) < 4.78 is 42.1. The molecule has 0 saturated heterocycles. The summed E-state index contributed by atoms with van der Waals surface area (Å²) in [6.45, 7) is 2.02. The second kappa shape index (κ2) is 9.94. The maximum Gasteiger partial charge on any atom is 0.248 e. The molecule has 1 amide bonds. The summed E-state index contributed by atoms with van der Waals surface area (Å²) in [7, 11) is 0.968. The molecule has 0 unspecified atom stereocenters. The van der Waals surface area contributed by atoms with E-state index in [1.807, 2.05) is 0 Å². The van der Waals surface area contributed by atoms with Gasteiger partial charge in [0.2, 0.25) is 21.7 Å². The molecule has 2 aromatic rings. The summed E-state index contributed by atoms with van der Waals surface area (Å²) >= 11 is 0. The first-order valence-electron chi connectivity index (χ1n) is 8.73. The van der Waals surface area contributed by atoms with Crippen molar-refractivity contribution in [3.8, 4) is 17.2 Å². The van der Waals surface area contributed by atoms with E-state index < -0.39 is 10.0 Å². The Labute approximate surface area is 170 Å². The van der Waals surface area contributed by atoms with Crippen LogP contribution in [0.3, 0.4) is 0 Å². The van der Waals surface area contributed by atoms with Crippen molar-refractivity contribution < 1.29 is 27.4 Å². The molecule has 0 aliphatic heterocycles. The Morgan fingerprint density at radius 2 is 1.59 bits per heavy atom. The average Bonchev–Trinajstić information content (AvgIpc) is 2.71. The molecule has 156 valence electrons. The summed E-state index contributed by atoms with van der Waals surface area (Å²) in [5, 5.41) is 2.72. The molecule has 0 saturated carbocycles. The van der Waals surface area contributed by atoms with Gasteiger partial charge in [-0.1, -0.05) is 19.1 Å². The molecule has 8 nitrogen and oxygen atoms in total. The van der Waals surface area contributed by atoms with Crippen LogP contribution in [0.5, 0.6) is 17.2 Å². The van der Waals surface area contributed by atoms with Gasteiger partial charge in [0.05, 0.1) is 26.2 Å². The molecular formula is C20H24N2O6S. The van der Waals surface area contributed by atoms with Crippen LogP contribution in [0.15, 0.2) is 47.4 Å². The van der Waals surface area contributed by atoms with E-state index in [9.17, 15) is 13.2 Å². The summed E-state index contributed by atoms with van der Waals surface area (Å²) in [6, 6.07) is 9.44. The second-order valence-electron chi connectivity index (χ2n) is 5.81. The number of ether oxygens (including phenoxy) is 3. The molecule has 0 spiro atoms. The molecule has 0 heterocycles. The third-order valence-electron chi connectivity index (χ3n) is 3.88. The highest BCUT2D eigenvalue weighted by atomic mass is 32.2. The van der Waals surface area contributed by atoms with Crippen LogP contribution in [0.2, 0.25) is 0 Å². The van der Waals surface area contributed by atoms with Crippen molar-refractivity contribution in [3.63, 3.8) is 0 Å². The third kappa shape index (κ3) is 5.72. The van der Waals surface area contributed by atoms with Gasteiger partial charge in [0.1, 0.15) is 0 Å². The minimum atomic E-state index is -3.51. The van der Waals surface area contributed by atoms with Gasteiger partial charge < -0.3 is 19.5 Å². The Morgan fingerprint density at radius 1 is 1.00 bits per heavy atom. The van der Waals surface area contributed by atoms with Gasteiger partial charge in [0.25, 0.3) is 0 Å². The molecular weight excluding hydrogens is 396 g/mol. The van der Waals surface area contributed by atoms with E-state index in [1.54, 1.807) is 37.3 Å². The number of anilines is 1. The van der Waals surface area contributed by atoms with E-state index in [0.717, 1.165) is 0 Å². The van der Waals surface area contributed by atoms with Gasteiger partial charge in [0, 0.05) is 30.4 Å². The van der Waals surface area contributed by atoms with Crippen LogP contribution < -0.4 is 24.2 Å². The van der Waals surface area contributed by atoms with Gasteiger partial charge in [-0.15, -0.1) is 0 Å². The number of methoxy groups -OCH3 is 3. The van der Waals surface area contributed by atoms with E-state index in [-0.39, 0.29) is 10.8 Å². The highest BCUT2D eigenvalue weighted by Crippen LogP contribution is 2.39. The van der Waals surface area contributed by atoms with Gasteiger partial charge in [-0.25, -0.2) is 13.1 Å². The molecule has 2 aromatic carbocycles. The van der Waals surface area contributed by atoms with Crippen molar-refractivity contribution in [2.45, 2.75) is 11.8 Å². The number of nitrogens with one attached hydrogen (secondary N) is 2. The Balaban J connectivity index is 2.12. The zero-order valence-corrected chi connectivity index (χ0v) is 17.5. The van der Waals surface area contributed by atoms with E-state index >= 15 is 0 Å². The number of hydrogen-bond donors (Lipinski definition) is 2. The highest BCUT2D eigenvalue weighted by molar-refractivity contribution is 7.89. The first-order valence-corrected chi connectivity index (χ1v) is 10.2. The lowest BCUT2D eigenvalue weighted by molar-refractivity contribution is -0.111. The predicted octanol–water partition coefficient (Wildman–Crippen LogP) is 2.66. The quantitative estimate of drug-likeness (QED) is 0.605. The summed E-state index contributed by atoms with van der Waals surface area (Å²) in [5.74, 6) is 0.895. The maximum atomic E-state index is 12.2. The number of carbonyl (C=O) groups excluding carboxylic acids is 1. The fourth-order valence-corrected chi connectivity index (χ4v) is 3.58. The maximum absolute atomic E-state index is 12.2. The molecule has 2 N–H and O–H groups in total. The Morgan fingerprint density at radius 3 is 2.07 bits per heavy atom. The molecule has 0 fully saturated rings. The molecule has 0 atom stereocenters. The Bertz CT molecular complexity index is 960. The van der Waals surface area contributed by atoms with Crippen molar-refractivity contribution in [1.82, 2.24) is 4.72 Å². The van der Waals surface area contributed by atoms with Crippen LogP contribution in [-0.2, 0) is 14.8 Å². The minimum absolute atomic E-state index is 0.165. The number of sulfonamides is 1. The number of benzene rings is 2. The van der Waals surface area contributed by atoms with E-state index in [0.29, 0.717) is 35.0 Å². The van der Waals surface area contributed by atoms with Crippen LogP contribution in [0.25, 0.3) is 6.08 Å². The van der Waals surface area contributed by atoms with Gasteiger partial charge in [0.15, 0.2) is 11.5 Å². The minimum Gasteiger partial charge on any atom is -0.493 e. The first kappa shape index (κ1) is 22.3. The first-order chi connectivity index (χ1) is 13.8. The predicted molar refractivity (Wildman–Crippen MR) is 111 cm³/mol. The van der Waals surface area contributed by atoms with Crippen molar-refractivity contribution in [3.05, 3.63) is 48.0 Å². The van der Waals surface area contributed by atoms with Crippen LogP contribution >= 0.6 is 0 Å². The monoisotopic (exact) mass is 420 g/mol. The van der Waals surface area contributed by atoms with Gasteiger partial charge in [-0.2, -0.15) is 0 Å². The fraction of sp³-hybridized carbons (Fsp3) is 0.250. The molecule has 0 radical (unpaired) electrons. The molecule has 0 aliphatic rings. The molecule has 0 bridgehead atoms.